The Morgan fingerprint density at radius 3 is 2.07 bits per heavy atom. The number of sulfonamides is 1. The highest BCUT2D eigenvalue weighted by atomic mass is 32.2. The van der Waals surface area contributed by atoms with E-state index in [1.54, 1.807) is 36.4 Å². The number of aliphatic hydroxyl groups is 1. The lowest BCUT2D eigenvalue weighted by molar-refractivity contribution is -0.0985. The van der Waals surface area contributed by atoms with Crippen LogP contribution in [0.4, 0.5) is 10.5 Å². The Hall–Kier alpha value is -4.09. The van der Waals surface area contributed by atoms with Crippen molar-refractivity contribution in [3.63, 3.8) is 0 Å². The summed E-state index contributed by atoms with van der Waals surface area (Å²) in [4.78, 5) is 24.7. The predicted molar refractivity (Wildman–Crippen MR) is 172 cm³/mol. The minimum absolute atomic E-state index is 0.110. The number of aliphatic hydroxyl groups excluding tert-OH is 1. The molecule has 0 saturated heterocycles. The molecule has 0 spiro atoms. The van der Waals surface area contributed by atoms with E-state index >= 15 is 0 Å². The van der Waals surface area contributed by atoms with Gasteiger partial charge in [-0.2, -0.15) is 0 Å². The number of carbonyl (C=O) groups excluding carboxylic acids is 2. The monoisotopic (exact) mass is 625 g/mol. The lowest BCUT2D eigenvalue weighted by Crippen LogP contribution is -2.49. The highest BCUT2D eigenvalue weighted by Crippen LogP contribution is 2.44. The van der Waals surface area contributed by atoms with Crippen molar-refractivity contribution in [1.29, 1.82) is 0 Å². The van der Waals surface area contributed by atoms with Crippen LogP contribution in [-0.4, -0.2) is 43.5 Å². The first kappa shape index (κ1) is 34.4. The number of aryl methyl sites for hydroxylation is 1. The summed E-state index contributed by atoms with van der Waals surface area (Å²) in [6.07, 6.45) is -0.0836. The van der Waals surface area contributed by atoms with Crippen LogP contribution in [0.1, 0.15) is 75.0 Å². The van der Waals surface area contributed by atoms with Crippen molar-refractivity contribution >= 4 is 27.7 Å². The first-order chi connectivity index (χ1) is 20.4. The summed E-state index contributed by atoms with van der Waals surface area (Å²) >= 11 is 0. The van der Waals surface area contributed by atoms with E-state index in [0.717, 1.165) is 22.9 Å². The number of nitrogens with one attached hydrogen (secondary N) is 1. The Bertz CT molecular complexity index is 1560. The first-order valence-corrected chi connectivity index (χ1v) is 16.2. The zero-order chi connectivity index (χ0) is 32.9. The van der Waals surface area contributed by atoms with Gasteiger partial charge in [0.25, 0.3) is 5.91 Å². The predicted octanol–water partition coefficient (Wildman–Crippen LogP) is 5.35. The minimum Gasteiger partial charge on any atom is -0.490 e. The van der Waals surface area contributed by atoms with Crippen molar-refractivity contribution in [2.75, 3.05) is 12.0 Å². The number of anilines is 1. The number of hydrogen-bond acceptors (Lipinski definition) is 8. The summed E-state index contributed by atoms with van der Waals surface area (Å²) in [5.41, 5.74) is 13.7. The molecule has 2 atom stereocenters. The molecule has 0 heterocycles. The third kappa shape index (κ3) is 9.20. The summed E-state index contributed by atoms with van der Waals surface area (Å²) in [6.45, 7) is 9.48. The van der Waals surface area contributed by atoms with Crippen molar-refractivity contribution in [3.8, 4) is 16.9 Å². The fourth-order valence-electron chi connectivity index (χ4n) is 5.04. The summed E-state index contributed by atoms with van der Waals surface area (Å²) < 4.78 is 36.8. The smallest absolute Gasteiger partial charge is 0.405 e. The van der Waals surface area contributed by atoms with Gasteiger partial charge in [-0.1, -0.05) is 63.2 Å². The number of nitrogens with two attached hydrogens (primary N) is 2. The van der Waals surface area contributed by atoms with Gasteiger partial charge in [-0.05, 0) is 73.2 Å². The van der Waals surface area contributed by atoms with Gasteiger partial charge >= 0.3 is 6.09 Å². The second kappa shape index (κ2) is 13.7. The molecule has 0 bridgehead atoms. The lowest BCUT2D eigenvalue weighted by atomic mass is 9.69. The minimum atomic E-state index is -3.75. The SMILES string of the molecule is CC(C)Oc1cc(-c2ccc(CCC(C[C@@H](O)c3ccc(N)cc3)(OC(N)=O)C(C)(C)C)cc2)ccc1C(=O)NS(C)(=O)=O. The second-order valence-electron chi connectivity index (χ2n) is 12.3. The Morgan fingerprint density at radius 2 is 1.55 bits per heavy atom. The van der Waals surface area contributed by atoms with Crippen LogP contribution in [0.25, 0.3) is 11.1 Å². The molecule has 0 aliphatic rings. The van der Waals surface area contributed by atoms with Crippen LogP contribution >= 0.6 is 0 Å². The van der Waals surface area contributed by atoms with E-state index in [1.165, 1.54) is 6.07 Å². The van der Waals surface area contributed by atoms with Crippen molar-refractivity contribution in [2.45, 2.75) is 71.7 Å². The summed E-state index contributed by atoms with van der Waals surface area (Å²) in [7, 11) is -3.75. The molecule has 0 aromatic heterocycles. The lowest BCUT2D eigenvalue weighted by Gasteiger charge is -2.45. The number of benzene rings is 3. The number of amides is 2. The fraction of sp³-hybridized carbons (Fsp3) is 0.394. The van der Waals surface area contributed by atoms with Gasteiger partial charge in [0.05, 0.1) is 24.0 Å². The molecule has 10 nitrogen and oxygen atoms in total. The van der Waals surface area contributed by atoms with E-state index in [1.807, 2.05) is 63.6 Å². The Kier molecular flexibility index (Phi) is 10.7. The highest BCUT2D eigenvalue weighted by Gasteiger charge is 2.46. The largest absolute Gasteiger partial charge is 0.490 e. The van der Waals surface area contributed by atoms with Crippen molar-refractivity contribution in [2.24, 2.45) is 11.1 Å². The number of rotatable bonds is 12. The van der Waals surface area contributed by atoms with Crippen LogP contribution in [-0.2, 0) is 21.2 Å². The molecule has 0 fully saturated rings. The van der Waals surface area contributed by atoms with Crippen LogP contribution in [0.5, 0.6) is 5.75 Å². The van der Waals surface area contributed by atoms with Gasteiger partial charge in [0.2, 0.25) is 10.0 Å². The van der Waals surface area contributed by atoms with Gasteiger partial charge in [-0.3, -0.25) is 4.79 Å². The van der Waals surface area contributed by atoms with E-state index in [-0.39, 0.29) is 23.8 Å². The van der Waals surface area contributed by atoms with Crippen molar-refractivity contribution in [1.82, 2.24) is 4.72 Å². The Balaban J connectivity index is 1.87. The van der Waals surface area contributed by atoms with Crippen molar-refractivity contribution in [3.05, 3.63) is 83.4 Å². The maximum atomic E-state index is 12.6. The Morgan fingerprint density at radius 1 is 0.955 bits per heavy atom. The molecule has 2 amide bonds. The van der Waals surface area contributed by atoms with E-state index in [2.05, 4.69) is 0 Å². The number of hydrogen-bond donors (Lipinski definition) is 4. The highest BCUT2D eigenvalue weighted by molar-refractivity contribution is 7.89. The third-order valence-electron chi connectivity index (χ3n) is 7.48. The summed E-state index contributed by atoms with van der Waals surface area (Å²) in [5.74, 6) is -0.506. The Labute approximate surface area is 259 Å². The van der Waals surface area contributed by atoms with Crippen LogP contribution in [0.2, 0.25) is 0 Å². The molecule has 238 valence electrons. The molecule has 3 aromatic rings. The first-order valence-electron chi connectivity index (χ1n) is 14.3. The van der Waals surface area contributed by atoms with Gasteiger partial charge in [-0.25, -0.2) is 17.9 Å². The summed E-state index contributed by atoms with van der Waals surface area (Å²) in [6, 6.07) is 19.7. The summed E-state index contributed by atoms with van der Waals surface area (Å²) in [5, 5.41) is 11.1. The molecule has 1 unspecified atom stereocenters. The third-order valence-corrected chi connectivity index (χ3v) is 8.04. The van der Waals surface area contributed by atoms with E-state index < -0.39 is 39.1 Å². The van der Waals surface area contributed by atoms with Gasteiger partial charge in [0.1, 0.15) is 11.4 Å². The molecule has 3 rings (SSSR count). The molecular weight excluding hydrogens is 582 g/mol. The van der Waals surface area contributed by atoms with E-state index in [4.69, 9.17) is 20.9 Å². The number of nitrogen functional groups attached to an aromatic ring is 1. The zero-order valence-corrected chi connectivity index (χ0v) is 26.9. The van der Waals surface area contributed by atoms with Gasteiger partial charge in [0.15, 0.2) is 0 Å². The molecule has 0 saturated carbocycles. The number of primary amides is 1. The number of ether oxygens (including phenoxy) is 2. The molecular formula is C33H43N3O7S. The number of carbonyl (C=O) groups is 2. The van der Waals surface area contributed by atoms with Gasteiger partial charge in [-0.15, -0.1) is 0 Å². The maximum Gasteiger partial charge on any atom is 0.405 e. The van der Waals surface area contributed by atoms with Crippen LogP contribution in [0.3, 0.4) is 0 Å². The van der Waals surface area contributed by atoms with Crippen LogP contribution in [0.15, 0.2) is 66.7 Å². The normalized spacial score (nSPS) is 14.0. The average Bonchev–Trinajstić information content (AvgIpc) is 2.90. The van der Waals surface area contributed by atoms with Gasteiger partial charge in [0, 0.05) is 17.5 Å². The maximum absolute atomic E-state index is 12.6. The quantitative estimate of drug-likeness (QED) is 0.195. The molecule has 0 aliphatic heterocycles. The molecule has 3 aromatic carbocycles. The molecule has 44 heavy (non-hydrogen) atoms. The van der Waals surface area contributed by atoms with E-state index in [9.17, 15) is 23.1 Å². The zero-order valence-electron chi connectivity index (χ0n) is 26.1. The average molecular weight is 626 g/mol. The van der Waals surface area contributed by atoms with Crippen LogP contribution in [0, 0.1) is 5.41 Å². The second-order valence-corrected chi connectivity index (χ2v) is 14.1. The molecule has 11 heteroatoms. The topological polar surface area (TPSA) is 171 Å². The van der Waals surface area contributed by atoms with Crippen LogP contribution < -0.4 is 20.9 Å². The molecule has 6 N–H and O–H groups in total. The van der Waals surface area contributed by atoms with Gasteiger partial charge < -0.3 is 26.0 Å². The molecule has 0 aliphatic carbocycles. The molecule has 0 radical (unpaired) electrons. The van der Waals surface area contributed by atoms with E-state index in [0.29, 0.717) is 24.1 Å². The fourth-order valence-corrected chi connectivity index (χ4v) is 5.49. The van der Waals surface area contributed by atoms with Crippen molar-refractivity contribution < 1.29 is 32.6 Å². The standard InChI is InChI=1S/C33H43N3O7S/c1-21(2)42-29-19-25(13-16-27(29)30(38)36-44(6,40)41)23-9-7-22(8-10-23)17-18-33(32(3,4)5,43-31(35)39)20-28(37)24-11-14-26(34)15-12-24/h7-16,19,21,28,37H,17-18,20,34H2,1-6H3,(H2,35,39)(H,36,38)/t28-,33?/m1/s1.